The van der Waals surface area contributed by atoms with Crippen LogP contribution in [-0.4, -0.2) is 45.3 Å². The Morgan fingerprint density at radius 3 is 2.29 bits per heavy atom. The van der Waals surface area contributed by atoms with Gasteiger partial charge in [0, 0.05) is 17.2 Å². The lowest BCUT2D eigenvalue weighted by Crippen LogP contribution is -2.27. The van der Waals surface area contributed by atoms with E-state index in [2.05, 4.69) is 0 Å². The van der Waals surface area contributed by atoms with Crippen molar-refractivity contribution in [2.75, 3.05) is 27.9 Å². The fraction of sp³-hybridized carbons (Fsp3) is 0.333. The zero-order valence-electron chi connectivity index (χ0n) is 18.7. The molecule has 0 bridgehead atoms. The Morgan fingerprint density at radius 1 is 0.935 bits per heavy atom. The molecule has 0 fully saturated rings. The molecule has 0 unspecified atom stereocenters. The number of ether oxygens (including phenoxy) is 5. The minimum absolute atomic E-state index is 0.244. The summed E-state index contributed by atoms with van der Waals surface area (Å²) in [5.41, 5.74) is 0.448. The van der Waals surface area contributed by atoms with Gasteiger partial charge in [0.05, 0.1) is 21.3 Å². The summed E-state index contributed by atoms with van der Waals surface area (Å²) in [4.78, 5) is 24.5. The minimum atomic E-state index is -0.590. The van der Waals surface area contributed by atoms with Crippen LogP contribution in [0.25, 0.3) is 6.08 Å². The highest BCUT2D eigenvalue weighted by molar-refractivity contribution is 6.07. The van der Waals surface area contributed by atoms with Crippen LogP contribution in [0.1, 0.15) is 36.7 Å². The molecule has 0 heterocycles. The van der Waals surface area contributed by atoms with Crippen molar-refractivity contribution in [1.29, 1.82) is 0 Å². The molecule has 2 aromatic rings. The van der Waals surface area contributed by atoms with Crippen molar-refractivity contribution in [2.24, 2.45) is 0 Å². The third-order valence-corrected chi connectivity index (χ3v) is 4.03. The first-order valence-corrected chi connectivity index (χ1v) is 9.64. The normalized spacial score (nSPS) is 11.2. The fourth-order valence-electron chi connectivity index (χ4n) is 2.72. The maximum Gasteiger partial charge on any atom is 0.344 e. The van der Waals surface area contributed by atoms with Crippen LogP contribution in [0.5, 0.6) is 23.0 Å². The first-order chi connectivity index (χ1) is 14.7. The Morgan fingerprint density at radius 2 is 1.68 bits per heavy atom. The van der Waals surface area contributed by atoms with Gasteiger partial charge in [0.25, 0.3) is 0 Å². The molecule has 0 spiro atoms. The molecule has 0 aliphatic rings. The first kappa shape index (κ1) is 23.8. The van der Waals surface area contributed by atoms with Crippen LogP contribution < -0.4 is 18.9 Å². The van der Waals surface area contributed by atoms with Gasteiger partial charge >= 0.3 is 5.97 Å². The number of carbonyl (C=O) groups is 2. The summed E-state index contributed by atoms with van der Waals surface area (Å²) in [7, 11) is 4.59. The molecule has 2 aromatic carbocycles. The summed E-state index contributed by atoms with van der Waals surface area (Å²) >= 11 is 0. The zero-order chi connectivity index (χ0) is 23.0. The third-order valence-electron chi connectivity index (χ3n) is 4.03. The van der Waals surface area contributed by atoms with Crippen LogP contribution in [0.4, 0.5) is 0 Å². The van der Waals surface area contributed by atoms with Gasteiger partial charge in [-0.2, -0.15) is 0 Å². The van der Waals surface area contributed by atoms with E-state index in [4.69, 9.17) is 23.7 Å². The first-order valence-electron chi connectivity index (χ1n) is 9.64. The number of methoxy groups -OCH3 is 3. The number of rotatable bonds is 9. The van der Waals surface area contributed by atoms with E-state index in [0.717, 1.165) is 0 Å². The fourth-order valence-corrected chi connectivity index (χ4v) is 2.72. The van der Waals surface area contributed by atoms with Gasteiger partial charge in [0.15, 0.2) is 23.9 Å². The summed E-state index contributed by atoms with van der Waals surface area (Å²) in [5, 5.41) is 0. The van der Waals surface area contributed by atoms with Crippen LogP contribution in [0.2, 0.25) is 0 Å². The van der Waals surface area contributed by atoms with Crippen molar-refractivity contribution < 1.29 is 33.3 Å². The van der Waals surface area contributed by atoms with Gasteiger partial charge < -0.3 is 23.7 Å². The molecule has 0 saturated heterocycles. The van der Waals surface area contributed by atoms with E-state index < -0.39 is 11.6 Å². The van der Waals surface area contributed by atoms with Crippen molar-refractivity contribution in [3.8, 4) is 23.0 Å². The molecular weight excluding hydrogens is 400 g/mol. The molecule has 0 saturated carbocycles. The zero-order valence-corrected chi connectivity index (χ0v) is 18.7. The van der Waals surface area contributed by atoms with Crippen LogP contribution in [0.3, 0.4) is 0 Å². The molecule has 2 rings (SSSR count). The maximum absolute atomic E-state index is 12.7. The van der Waals surface area contributed by atoms with Crippen LogP contribution >= 0.6 is 0 Å². The summed E-state index contributed by atoms with van der Waals surface area (Å²) in [6.45, 7) is 5.10. The Kier molecular flexibility index (Phi) is 8.07. The number of ketones is 1. The molecule has 0 aliphatic heterocycles. The standard InChI is InChI=1S/C24H28O7/c1-24(2,3)31-22(26)15-30-18-9-7-8-16(12-18)20(25)11-10-17-13-19(27-4)14-21(28-5)23(17)29-6/h7-14H,15H2,1-6H3. The van der Waals surface area contributed by atoms with Crippen molar-refractivity contribution >= 4 is 17.8 Å². The molecule has 7 nitrogen and oxygen atoms in total. The largest absolute Gasteiger partial charge is 0.497 e. The quantitative estimate of drug-likeness (QED) is 0.334. The van der Waals surface area contributed by atoms with E-state index in [-0.39, 0.29) is 12.4 Å². The second-order valence-electron chi connectivity index (χ2n) is 7.55. The van der Waals surface area contributed by atoms with E-state index in [1.807, 2.05) is 0 Å². The van der Waals surface area contributed by atoms with Crippen molar-refractivity contribution in [2.45, 2.75) is 26.4 Å². The highest BCUT2D eigenvalue weighted by atomic mass is 16.6. The number of hydrogen-bond acceptors (Lipinski definition) is 7. The Balaban J connectivity index is 2.15. The third kappa shape index (κ3) is 7.06. The molecule has 0 aliphatic carbocycles. The van der Waals surface area contributed by atoms with Gasteiger partial charge in [-0.1, -0.05) is 12.1 Å². The smallest absolute Gasteiger partial charge is 0.344 e. The highest BCUT2D eigenvalue weighted by Gasteiger charge is 2.17. The molecular formula is C24H28O7. The number of hydrogen-bond donors (Lipinski definition) is 0. The monoisotopic (exact) mass is 428 g/mol. The van der Waals surface area contributed by atoms with E-state index in [1.165, 1.54) is 20.3 Å². The highest BCUT2D eigenvalue weighted by Crippen LogP contribution is 2.36. The second-order valence-corrected chi connectivity index (χ2v) is 7.55. The molecule has 166 valence electrons. The summed E-state index contributed by atoms with van der Waals surface area (Å²) in [5.74, 6) is 1.22. The number of esters is 1. The Bertz CT molecular complexity index is 955. The van der Waals surface area contributed by atoms with Gasteiger partial charge in [-0.3, -0.25) is 4.79 Å². The lowest BCUT2D eigenvalue weighted by molar-refractivity contribution is -0.157. The summed E-state index contributed by atoms with van der Waals surface area (Å²) < 4.78 is 26.7. The molecule has 7 heteroatoms. The lowest BCUT2D eigenvalue weighted by Gasteiger charge is -2.19. The predicted octanol–water partition coefficient (Wildman–Crippen LogP) is 4.33. The molecule has 0 amide bonds. The average molecular weight is 428 g/mol. The predicted molar refractivity (Wildman–Crippen MR) is 117 cm³/mol. The topological polar surface area (TPSA) is 80.3 Å². The summed E-state index contributed by atoms with van der Waals surface area (Å²) in [6.07, 6.45) is 3.05. The van der Waals surface area contributed by atoms with Crippen molar-refractivity contribution in [1.82, 2.24) is 0 Å². The molecule has 0 N–H and O–H groups in total. The SMILES string of the molecule is COc1cc(C=CC(=O)c2cccc(OCC(=O)OC(C)(C)C)c2)c(OC)c(OC)c1. The minimum Gasteiger partial charge on any atom is -0.497 e. The van der Waals surface area contributed by atoms with Crippen LogP contribution in [0, 0.1) is 0 Å². The molecule has 0 aromatic heterocycles. The van der Waals surface area contributed by atoms with Crippen molar-refractivity contribution in [3.05, 3.63) is 53.6 Å². The molecule has 0 atom stereocenters. The Hall–Kier alpha value is -3.48. The Labute approximate surface area is 182 Å². The second kappa shape index (κ2) is 10.5. The number of carbonyl (C=O) groups excluding carboxylic acids is 2. The summed E-state index contributed by atoms with van der Waals surface area (Å²) in [6, 6.07) is 10.0. The van der Waals surface area contributed by atoms with Gasteiger partial charge in [-0.25, -0.2) is 4.79 Å². The number of allylic oxidation sites excluding steroid dienone is 1. The van der Waals surface area contributed by atoms with E-state index in [1.54, 1.807) is 70.4 Å². The average Bonchev–Trinajstić information content (AvgIpc) is 2.74. The van der Waals surface area contributed by atoms with Crippen molar-refractivity contribution in [3.63, 3.8) is 0 Å². The van der Waals surface area contributed by atoms with Gasteiger partial charge in [0.1, 0.15) is 17.1 Å². The molecule has 0 radical (unpaired) electrons. The van der Waals surface area contributed by atoms with E-state index in [0.29, 0.717) is 34.1 Å². The van der Waals surface area contributed by atoms with E-state index in [9.17, 15) is 9.59 Å². The van der Waals surface area contributed by atoms with Crippen LogP contribution in [-0.2, 0) is 9.53 Å². The van der Waals surface area contributed by atoms with Crippen LogP contribution in [0.15, 0.2) is 42.5 Å². The number of benzene rings is 2. The van der Waals surface area contributed by atoms with Gasteiger partial charge in [-0.15, -0.1) is 0 Å². The molecule has 31 heavy (non-hydrogen) atoms. The maximum atomic E-state index is 12.7. The lowest BCUT2D eigenvalue weighted by atomic mass is 10.1. The van der Waals surface area contributed by atoms with E-state index >= 15 is 0 Å². The van der Waals surface area contributed by atoms with Gasteiger partial charge in [-0.05, 0) is 51.1 Å². The van der Waals surface area contributed by atoms with Gasteiger partial charge in [0.2, 0.25) is 0 Å².